The Bertz CT molecular complexity index is 508. The molecule has 0 heterocycles. The molecular weight excluding hydrogens is 238 g/mol. The molecule has 0 fully saturated rings. The molecule has 0 atom stereocenters. The molecule has 2 aromatic rings. The zero-order chi connectivity index (χ0) is 13.5. The molecule has 0 aliphatic rings. The summed E-state index contributed by atoms with van der Waals surface area (Å²) < 4.78 is 10.7. The minimum Gasteiger partial charge on any atom is -0.497 e. The summed E-state index contributed by atoms with van der Waals surface area (Å²) in [5.41, 5.74) is 2.40. The largest absolute Gasteiger partial charge is 0.497 e. The fourth-order valence-electron chi connectivity index (χ4n) is 1.80. The Hall–Kier alpha value is -2.16. The van der Waals surface area contributed by atoms with Gasteiger partial charge in [-0.15, -0.1) is 0 Å². The van der Waals surface area contributed by atoms with Gasteiger partial charge in [0.2, 0.25) is 0 Å². The van der Waals surface area contributed by atoms with Crippen LogP contribution < -0.4 is 14.8 Å². The third-order valence-electron chi connectivity index (χ3n) is 2.89. The SMILES string of the molecule is COc1ccc(OCCNc2ccccc2C)cc1. The van der Waals surface area contributed by atoms with Gasteiger partial charge in [0, 0.05) is 12.2 Å². The highest BCUT2D eigenvalue weighted by Crippen LogP contribution is 2.17. The number of rotatable bonds is 6. The maximum absolute atomic E-state index is 5.65. The van der Waals surface area contributed by atoms with Gasteiger partial charge in [-0.25, -0.2) is 0 Å². The second-order valence-electron chi connectivity index (χ2n) is 4.27. The number of hydrogen-bond donors (Lipinski definition) is 1. The topological polar surface area (TPSA) is 30.5 Å². The van der Waals surface area contributed by atoms with Crippen molar-refractivity contribution in [2.24, 2.45) is 0 Å². The first kappa shape index (κ1) is 13.3. The zero-order valence-electron chi connectivity index (χ0n) is 11.3. The number of benzene rings is 2. The van der Waals surface area contributed by atoms with E-state index in [2.05, 4.69) is 24.4 Å². The predicted molar refractivity (Wildman–Crippen MR) is 78.2 cm³/mol. The van der Waals surface area contributed by atoms with Crippen LogP contribution in [0.4, 0.5) is 5.69 Å². The molecule has 0 unspecified atom stereocenters. The lowest BCUT2D eigenvalue weighted by Crippen LogP contribution is -2.12. The van der Waals surface area contributed by atoms with Gasteiger partial charge >= 0.3 is 0 Å². The number of para-hydroxylation sites is 1. The van der Waals surface area contributed by atoms with Crippen LogP contribution in [-0.2, 0) is 0 Å². The Kier molecular flexibility index (Phi) is 4.67. The maximum Gasteiger partial charge on any atom is 0.119 e. The summed E-state index contributed by atoms with van der Waals surface area (Å²) in [6.45, 7) is 3.49. The molecule has 0 aliphatic carbocycles. The van der Waals surface area contributed by atoms with Crippen molar-refractivity contribution in [1.29, 1.82) is 0 Å². The second kappa shape index (κ2) is 6.69. The van der Waals surface area contributed by atoms with Crippen molar-refractivity contribution in [2.75, 3.05) is 25.6 Å². The smallest absolute Gasteiger partial charge is 0.119 e. The second-order valence-corrected chi connectivity index (χ2v) is 4.27. The number of anilines is 1. The Balaban J connectivity index is 1.76. The summed E-state index contributed by atoms with van der Waals surface area (Å²) in [6, 6.07) is 15.8. The van der Waals surface area contributed by atoms with E-state index in [-0.39, 0.29) is 0 Å². The van der Waals surface area contributed by atoms with Crippen LogP contribution in [0.3, 0.4) is 0 Å². The van der Waals surface area contributed by atoms with E-state index in [9.17, 15) is 0 Å². The molecule has 0 saturated carbocycles. The number of methoxy groups -OCH3 is 1. The maximum atomic E-state index is 5.65. The van der Waals surface area contributed by atoms with Crippen molar-refractivity contribution < 1.29 is 9.47 Å². The highest BCUT2D eigenvalue weighted by Gasteiger charge is 1.97. The zero-order valence-corrected chi connectivity index (χ0v) is 11.3. The van der Waals surface area contributed by atoms with E-state index in [4.69, 9.17) is 9.47 Å². The summed E-state index contributed by atoms with van der Waals surface area (Å²) in [4.78, 5) is 0. The highest BCUT2D eigenvalue weighted by atomic mass is 16.5. The van der Waals surface area contributed by atoms with Gasteiger partial charge in [-0.05, 0) is 42.8 Å². The van der Waals surface area contributed by atoms with Gasteiger partial charge < -0.3 is 14.8 Å². The van der Waals surface area contributed by atoms with Gasteiger partial charge in [0.15, 0.2) is 0 Å². The van der Waals surface area contributed by atoms with Crippen molar-refractivity contribution in [3.05, 3.63) is 54.1 Å². The highest BCUT2D eigenvalue weighted by molar-refractivity contribution is 5.50. The minimum absolute atomic E-state index is 0.626. The molecule has 0 amide bonds. The van der Waals surface area contributed by atoms with Gasteiger partial charge in [-0.1, -0.05) is 18.2 Å². The summed E-state index contributed by atoms with van der Waals surface area (Å²) in [6.07, 6.45) is 0. The monoisotopic (exact) mass is 257 g/mol. The minimum atomic E-state index is 0.626. The van der Waals surface area contributed by atoms with E-state index in [1.165, 1.54) is 5.56 Å². The molecule has 100 valence electrons. The van der Waals surface area contributed by atoms with Gasteiger partial charge in [0.25, 0.3) is 0 Å². The molecule has 3 nitrogen and oxygen atoms in total. The molecule has 2 rings (SSSR count). The number of nitrogens with one attached hydrogen (secondary N) is 1. The van der Waals surface area contributed by atoms with E-state index in [1.807, 2.05) is 36.4 Å². The normalized spacial score (nSPS) is 10.0. The standard InChI is InChI=1S/C16H19NO2/c1-13-5-3-4-6-16(13)17-11-12-19-15-9-7-14(18-2)8-10-15/h3-10,17H,11-12H2,1-2H3. The molecule has 0 aromatic heterocycles. The summed E-state index contributed by atoms with van der Waals surface area (Å²) >= 11 is 0. The Morgan fingerprint density at radius 3 is 2.32 bits per heavy atom. The van der Waals surface area contributed by atoms with Crippen molar-refractivity contribution in [2.45, 2.75) is 6.92 Å². The van der Waals surface area contributed by atoms with E-state index < -0.39 is 0 Å². The molecule has 1 N–H and O–H groups in total. The van der Waals surface area contributed by atoms with Gasteiger partial charge in [0.05, 0.1) is 7.11 Å². The number of ether oxygens (including phenoxy) is 2. The van der Waals surface area contributed by atoms with Crippen molar-refractivity contribution in [3.63, 3.8) is 0 Å². The fourth-order valence-corrected chi connectivity index (χ4v) is 1.80. The first-order valence-corrected chi connectivity index (χ1v) is 6.36. The third kappa shape index (κ3) is 3.91. The molecule has 0 aliphatic heterocycles. The van der Waals surface area contributed by atoms with Crippen LogP contribution in [0.5, 0.6) is 11.5 Å². The van der Waals surface area contributed by atoms with Gasteiger partial charge in [-0.3, -0.25) is 0 Å². The summed E-state index contributed by atoms with van der Waals surface area (Å²) in [5.74, 6) is 1.69. The molecular formula is C16H19NO2. The van der Waals surface area contributed by atoms with Crippen LogP contribution >= 0.6 is 0 Å². The lowest BCUT2D eigenvalue weighted by atomic mass is 10.2. The average Bonchev–Trinajstić information content (AvgIpc) is 2.46. The number of aryl methyl sites for hydroxylation is 1. The molecule has 0 spiro atoms. The molecule has 2 aromatic carbocycles. The van der Waals surface area contributed by atoms with E-state index in [0.29, 0.717) is 6.61 Å². The third-order valence-corrected chi connectivity index (χ3v) is 2.89. The van der Waals surface area contributed by atoms with Crippen LogP contribution in [0, 0.1) is 6.92 Å². The summed E-state index contributed by atoms with van der Waals surface area (Å²) in [5, 5.41) is 3.36. The van der Waals surface area contributed by atoms with E-state index in [0.717, 1.165) is 23.7 Å². The van der Waals surface area contributed by atoms with E-state index in [1.54, 1.807) is 7.11 Å². The van der Waals surface area contributed by atoms with Crippen molar-refractivity contribution in [3.8, 4) is 11.5 Å². The van der Waals surface area contributed by atoms with Crippen LogP contribution in [0.25, 0.3) is 0 Å². The molecule has 0 radical (unpaired) electrons. The molecule has 19 heavy (non-hydrogen) atoms. The van der Waals surface area contributed by atoms with E-state index >= 15 is 0 Å². The van der Waals surface area contributed by atoms with Gasteiger partial charge in [-0.2, -0.15) is 0 Å². The van der Waals surface area contributed by atoms with Crippen LogP contribution in [-0.4, -0.2) is 20.3 Å². The lowest BCUT2D eigenvalue weighted by Gasteiger charge is -2.10. The first-order valence-electron chi connectivity index (χ1n) is 6.36. The number of hydrogen-bond acceptors (Lipinski definition) is 3. The Labute approximate surface area is 114 Å². The lowest BCUT2D eigenvalue weighted by molar-refractivity contribution is 0.331. The summed E-state index contributed by atoms with van der Waals surface area (Å²) in [7, 11) is 1.65. The fraction of sp³-hybridized carbons (Fsp3) is 0.250. The Morgan fingerprint density at radius 1 is 0.947 bits per heavy atom. The first-order chi connectivity index (χ1) is 9.29. The van der Waals surface area contributed by atoms with Crippen LogP contribution in [0.1, 0.15) is 5.56 Å². The van der Waals surface area contributed by atoms with Crippen molar-refractivity contribution >= 4 is 5.69 Å². The van der Waals surface area contributed by atoms with Crippen molar-refractivity contribution in [1.82, 2.24) is 0 Å². The Morgan fingerprint density at radius 2 is 1.63 bits per heavy atom. The molecule has 0 saturated heterocycles. The van der Waals surface area contributed by atoms with Crippen LogP contribution in [0.15, 0.2) is 48.5 Å². The average molecular weight is 257 g/mol. The molecule has 0 bridgehead atoms. The quantitative estimate of drug-likeness (QED) is 0.803. The predicted octanol–water partition coefficient (Wildman–Crippen LogP) is 3.49. The molecule has 3 heteroatoms. The van der Waals surface area contributed by atoms with Gasteiger partial charge in [0.1, 0.15) is 18.1 Å². The van der Waals surface area contributed by atoms with Crippen LogP contribution in [0.2, 0.25) is 0 Å².